The van der Waals surface area contributed by atoms with Gasteiger partial charge in [0.2, 0.25) is 10.0 Å². The summed E-state index contributed by atoms with van der Waals surface area (Å²) in [5.74, 6) is 0.980. The van der Waals surface area contributed by atoms with E-state index in [9.17, 15) is 8.42 Å². The zero-order valence-corrected chi connectivity index (χ0v) is 12.8. The maximum absolute atomic E-state index is 11.4. The molecule has 0 aliphatic heterocycles. The average molecular weight is 298 g/mol. The molecule has 0 fully saturated rings. The highest BCUT2D eigenvalue weighted by molar-refractivity contribution is 7.89. The topological polar surface area (TPSA) is 67.4 Å². The van der Waals surface area contributed by atoms with E-state index in [4.69, 9.17) is 4.74 Å². The molecular weight excluding hydrogens is 276 g/mol. The summed E-state index contributed by atoms with van der Waals surface area (Å²) in [6.45, 7) is 0.458. The Bertz CT molecular complexity index is 558. The van der Waals surface area contributed by atoms with Crippen LogP contribution in [0.3, 0.4) is 0 Å². The number of fused-ring (bicyclic) bond motifs is 1. The van der Waals surface area contributed by atoms with E-state index < -0.39 is 10.0 Å². The first kappa shape index (κ1) is 15.3. The first-order valence-corrected chi connectivity index (χ1v) is 8.52. The Morgan fingerprint density at radius 2 is 2.20 bits per heavy atom. The highest BCUT2D eigenvalue weighted by Gasteiger charge is 2.20. The summed E-state index contributed by atoms with van der Waals surface area (Å²) in [6, 6.07) is 6.35. The van der Waals surface area contributed by atoms with Crippen molar-refractivity contribution in [1.29, 1.82) is 0 Å². The number of aryl methyl sites for hydroxylation is 1. The van der Waals surface area contributed by atoms with Crippen LogP contribution in [-0.4, -0.2) is 34.9 Å². The van der Waals surface area contributed by atoms with Crippen LogP contribution in [-0.2, 0) is 16.4 Å². The van der Waals surface area contributed by atoms with E-state index in [1.165, 1.54) is 18.2 Å². The summed E-state index contributed by atoms with van der Waals surface area (Å²) in [7, 11) is -0.0293. The van der Waals surface area contributed by atoms with Gasteiger partial charge in [0.15, 0.2) is 0 Å². The lowest BCUT2D eigenvalue weighted by Crippen LogP contribution is -2.33. The number of hydrogen-bond donors (Lipinski definition) is 2. The van der Waals surface area contributed by atoms with E-state index in [-0.39, 0.29) is 11.8 Å². The number of nitrogens with one attached hydrogen (secondary N) is 2. The van der Waals surface area contributed by atoms with Crippen LogP contribution < -0.4 is 14.8 Å². The van der Waals surface area contributed by atoms with Crippen LogP contribution in [0.25, 0.3) is 0 Å². The van der Waals surface area contributed by atoms with Crippen molar-refractivity contribution >= 4 is 10.0 Å². The lowest BCUT2D eigenvalue weighted by atomic mass is 9.87. The van der Waals surface area contributed by atoms with E-state index in [1.807, 2.05) is 6.07 Å². The van der Waals surface area contributed by atoms with Gasteiger partial charge in [0, 0.05) is 12.6 Å². The SMILES string of the molecule is CNS(=O)(=O)CCNC1CCCc2cc(OC)ccc21. The third-order valence-electron chi connectivity index (χ3n) is 3.74. The molecule has 20 heavy (non-hydrogen) atoms. The number of hydrogen-bond acceptors (Lipinski definition) is 4. The number of sulfonamides is 1. The number of ether oxygens (including phenoxy) is 1. The Hall–Kier alpha value is -1.11. The molecule has 1 aliphatic rings. The largest absolute Gasteiger partial charge is 0.497 e. The summed E-state index contributed by atoms with van der Waals surface area (Å²) < 4.78 is 30.4. The summed E-state index contributed by atoms with van der Waals surface area (Å²) in [4.78, 5) is 0. The molecule has 0 heterocycles. The molecule has 0 saturated carbocycles. The molecule has 5 nitrogen and oxygen atoms in total. The summed E-state index contributed by atoms with van der Waals surface area (Å²) in [5, 5.41) is 3.35. The standard InChI is InChI=1S/C14H22N2O3S/c1-15-20(17,18)9-8-16-14-5-3-4-11-10-12(19-2)6-7-13(11)14/h6-7,10,14-16H,3-5,8-9H2,1-2H3. The fraction of sp³-hybridized carbons (Fsp3) is 0.571. The first-order valence-electron chi connectivity index (χ1n) is 6.87. The minimum absolute atomic E-state index is 0.103. The molecule has 6 heteroatoms. The molecule has 1 aromatic carbocycles. The van der Waals surface area contributed by atoms with E-state index in [1.54, 1.807) is 7.11 Å². The lowest BCUT2D eigenvalue weighted by molar-refractivity contribution is 0.411. The zero-order valence-electron chi connectivity index (χ0n) is 12.0. The molecule has 0 spiro atoms. The molecule has 2 N–H and O–H groups in total. The lowest BCUT2D eigenvalue weighted by Gasteiger charge is -2.27. The molecule has 0 radical (unpaired) electrons. The van der Waals surface area contributed by atoms with Gasteiger partial charge in [-0.25, -0.2) is 13.1 Å². The Labute approximate surface area is 120 Å². The van der Waals surface area contributed by atoms with Gasteiger partial charge in [0.05, 0.1) is 12.9 Å². The Kier molecular flexibility index (Phi) is 5.01. The molecule has 1 aromatic rings. The van der Waals surface area contributed by atoms with Gasteiger partial charge < -0.3 is 10.1 Å². The second-order valence-corrected chi connectivity index (χ2v) is 7.03. The molecule has 0 saturated heterocycles. The maximum Gasteiger partial charge on any atom is 0.212 e. The second kappa shape index (κ2) is 6.56. The van der Waals surface area contributed by atoms with Crippen molar-refractivity contribution in [3.8, 4) is 5.75 Å². The van der Waals surface area contributed by atoms with E-state index in [0.29, 0.717) is 6.54 Å². The molecule has 2 rings (SSSR count). The monoisotopic (exact) mass is 298 g/mol. The summed E-state index contributed by atoms with van der Waals surface area (Å²) in [6.07, 6.45) is 3.20. The minimum Gasteiger partial charge on any atom is -0.497 e. The van der Waals surface area contributed by atoms with Crippen LogP contribution in [0.5, 0.6) is 5.75 Å². The number of rotatable bonds is 6. The van der Waals surface area contributed by atoms with Gasteiger partial charge in [0.25, 0.3) is 0 Å². The molecule has 1 atom stereocenters. The molecule has 1 unspecified atom stereocenters. The van der Waals surface area contributed by atoms with Gasteiger partial charge in [-0.15, -0.1) is 0 Å². The van der Waals surface area contributed by atoms with Gasteiger partial charge in [-0.2, -0.15) is 0 Å². The van der Waals surface area contributed by atoms with Crippen molar-refractivity contribution in [2.75, 3.05) is 26.5 Å². The quantitative estimate of drug-likeness (QED) is 0.828. The smallest absolute Gasteiger partial charge is 0.212 e. The predicted octanol–water partition coefficient (Wildman–Crippen LogP) is 1.21. The summed E-state index contributed by atoms with van der Waals surface area (Å²) in [5.41, 5.74) is 2.56. The van der Waals surface area contributed by atoms with Crippen molar-refractivity contribution in [3.05, 3.63) is 29.3 Å². The fourth-order valence-electron chi connectivity index (χ4n) is 2.60. The van der Waals surface area contributed by atoms with E-state index >= 15 is 0 Å². The summed E-state index contributed by atoms with van der Waals surface area (Å²) >= 11 is 0. The van der Waals surface area contributed by atoms with Gasteiger partial charge in [-0.3, -0.25) is 0 Å². The highest BCUT2D eigenvalue weighted by Crippen LogP contribution is 2.31. The van der Waals surface area contributed by atoms with Crippen LogP contribution in [0.4, 0.5) is 0 Å². The molecule has 112 valence electrons. The van der Waals surface area contributed by atoms with Crippen molar-refractivity contribution in [1.82, 2.24) is 10.0 Å². The normalized spacial score (nSPS) is 18.6. The molecule has 0 bridgehead atoms. The van der Waals surface area contributed by atoms with Gasteiger partial charge >= 0.3 is 0 Å². The van der Waals surface area contributed by atoms with Crippen LogP contribution in [0, 0.1) is 0 Å². The Balaban J connectivity index is 2.02. The Morgan fingerprint density at radius 1 is 1.40 bits per heavy atom. The van der Waals surface area contributed by atoms with Gasteiger partial charge in [-0.05, 0) is 49.6 Å². The third kappa shape index (κ3) is 3.71. The minimum atomic E-state index is -3.14. The fourth-order valence-corrected chi connectivity index (χ4v) is 3.19. The predicted molar refractivity (Wildman–Crippen MR) is 79.5 cm³/mol. The number of benzene rings is 1. The van der Waals surface area contributed by atoms with Crippen LogP contribution >= 0.6 is 0 Å². The van der Waals surface area contributed by atoms with Crippen molar-refractivity contribution < 1.29 is 13.2 Å². The molecule has 0 amide bonds. The van der Waals surface area contributed by atoms with E-state index in [2.05, 4.69) is 22.2 Å². The Morgan fingerprint density at radius 3 is 2.90 bits per heavy atom. The van der Waals surface area contributed by atoms with Crippen LogP contribution in [0.1, 0.15) is 30.0 Å². The number of methoxy groups -OCH3 is 1. The van der Waals surface area contributed by atoms with Gasteiger partial charge in [0.1, 0.15) is 5.75 Å². The average Bonchev–Trinajstić information content (AvgIpc) is 2.46. The van der Waals surface area contributed by atoms with Crippen molar-refractivity contribution in [3.63, 3.8) is 0 Å². The maximum atomic E-state index is 11.4. The van der Waals surface area contributed by atoms with Gasteiger partial charge in [-0.1, -0.05) is 6.07 Å². The molecule has 0 aromatic heterocycles. The molecular formula is C14H22N2O3S. The zero-order chi connectivity index (χ0) is 14.6. The highest BCUT2D eigenvalue weighted by atomic mass is 32.2. The van der Waals surface area contributed by atoms with Crippen LogP contribution in [0.15, 0.2) is 18.2 Å². The second-order valence-electron chi connectivity index (χ2n) is 4.99. The molecule has 1 aliphatic carbocycles. The van der Waals surface area contributed by atoms with Crippen LogP contribution in [0.2, 0.25) is 0 Å². The van der Waals surface area contributed by atoms with Crippen molar-refractivity contribution in [2.45, 2.75) is 25.3 Å². The van der Waals surface area contributed by atoms with Crippen molar-refractivity contribution in [2.24, 2.45) is 0 Å². The third-order valence-corrected chi connectivity index (χ3v) is 5.10. The van der Waals surface area contributed by atoms with E-state index in [0.717, 1.165) is 25.0 Å². The first-order chi connectivity index (χ1) is 9.55.